The quantitative estimate of drug-likeness (QED) is 0.731. The second-order valence-electron chi connectivity index (χ2n) is 4.00. The van der Waals surface area contributed by atoms with Crippen LogP contribution >= 0.6 is 22.6 Å². The lowest BCUT2D eigenvalue weighted by atomic mass is 10.1. The standard InChI is InChI=1S/C11H12INO/c1-11(2)7-14-10(13-11)8-5-3-4-6-9(8)12/h3-6H,7H2,1-2H3. The summed E-state index contributed by atoms with van der Waals surface area (Å²) in [5, 5.41) is 0. The van der Waals surface area contributed by atoms with Gasteiger partial charge in [0.25, 0.3) is 0 Å². The Morgan fingerprint density at radius 3 is 2.64 bits per heavy atom. The molecule has 0 amide bonds. The highest BCUT2D eigenvalue weighted by Crippen LogP contribution is 2.22. The summed E-state index contributed by atoms with van der Waals surface area (Å²) >= 11 is 2.30. The monoisotopic (exact) mass is 301 g/mol. The van der Waals surface area contributed by atoms with Gasteiger partial charge in [-0.3, -0.25) is 0 Å². The Balaban J connectivity index is 2.38. The van der Waals surface area contributed by atoms with E-state index in [-0.39, 0.29) is 5.54 Å². The Kier molecular flexibility index (Phi) is 2.51. The van der Waals surface area contributed by atoms with Crippen LogP contribution in [0.1, 0.15) is 19.4 Å². The molecular formula is C11H12INO. The first-order chi connectivity index (χ1) is 6.58. The van der Waals surface area contributed by atoms with Crippen LogP contribution in [0.4, 0.5) is 0 Å². The maximum absolute atomic E-state index is 5.58. The molecule has 3 heteroatoms. The molecule has 14 heavy (non-hydrogen) atoms. The summed E-state index contributed by atoms with van der Waals surface area (Å²) in [6.07, 6.45) is 0. The van der Waals surface area contributed by atoms with Gasteiger partial charge < -0.3 is 4.74 Å². The zero-order valence-electron chi connectivity index (χ0n) is 8.25. The molecule has 0 aromatic heterocycles. The number of hydrogen-bond donors (Lipinski definition) is 0. The number of nitrogens with zero attached hydrogens (tertiary/aromatic N) is 1. The molecule has 0 spiro atoms. The summed E-state index contributed by atoms with van der Waals surface area (Å²) in [4.78, 5) is 4.54. The van der Waals surface area contributed by atoms with Crippen molar-refractivity contribution in [2.75, 3.05) is 6.61 Å². The summed E-state index contributed by atoms with van der Waals surface area (Å²) in [6.45, 7) is 4.83. The van der Waals surface area contributed by atoms with E-state index in [1.54, 1.807) is 0 Å². The first kappa shape index (κ1) is 9.96. The van der Waals surface area contributed by atoms with E-state index in [1.165, 1.54) is 3.57 Å². The first-order valence-electron chi connectivity index (χ1n) is 4.56. The van der Waals surface area contributed by atoms with Crippen molar-refractivity contribution in [3.05, 3.63) is 33.4 Å². The van der Waals surface area contributed by atoms with Gasteiger partial charge in [-0.15, -0.1) is 0 Å². The molecule has 1 heterocycles. The summed E-state index contributed by atoms with van der Waals surface area (Å²) in [7, 11) is 0. The minimum Gasteiger partial charge on any atom is -0.475 e. The van der Waals surface area contributed by atoms with Crippen LogP contribution in [0, 0.1) is 3.57 Å². The third-order valence-electron chi connectivity index (χ3n) is 2.07. The van der Waals surface area contributed by atoms with Gasteiger partial charge in [0.15, 0.2) is 0 Å². The molecule has 0 N–H and O–H groups in total. The molecule has 1 aliphatic heterocycles. The highest BCUT2D eigenvalue weighted by molar-refractivity contribution is 14.1. The van der Waals surface area contributed by atoms with Crippen LogP contribution in [-0.4, -0.2) is 18.0 Å². The van der Waals surface area contributed by atoms with Crippen LogP contribution < -0.4 is 0 Å². The Hall–Kier alpha value is -0.580. The van der Waals surface area contributed by atoms with Crippen molar-refractivity contribution in [3.63, 3.8) is 0 Å². The zero-order valence-corrected chi connectivity index (χ0v) is 10.4. The first-order valence-corrected chi connectivity index (χ1v) is 5.64. The van der Waals surface area contributed by atoms with Crippen molar-refractivity contribution in [3.8, 4) is 0 Å². The van der Waals surface area contributed by atoms with E-state index in [0.29, 0.717) is 6.61 Å². The van der Waals surface area contributed by atoms with Crippen molar-refractivity contribution >= 4 is 28.5 Å². The molecule has 1 aromatic carbocycles. The van der Waals surface area contributed by atoms with Crippen LogP contribution in [0.3, 0.4) is 0 Å². The minimum atomic E-state index is -0.0751. The molecule has 0 bridgehead atoms. The molecule has 74 valence electrons. The normalized spacial score (nSPS) is 18.9. The van der Waals surface area contributed by atoms with Gasteiger partial charge in [-0.25, -0.2) is 4.99 Å². The SMILES string of the molecule is CC1(C)COC(c2ccccc2I)=N1. The van der Waals surface area contributed by atoms with E-state index in [2.05, 4.69) is 47.5 Å². The predicted molar refractivity (Wildman–Crippen MR) is 65.7 cm³/mol. The fourth-order valence-electron chi connectivity index (χ4n) is 1.36. The van der Waals surface area contributed by atoms with Gasteiger partial charge in [0, 0.05) is 9.13 Å². The van der Waals surface area contributed by atoms with Crippen molar-refractivity contribution in [1.82, 2.24) is 0 Å². The molecular weight excluding hydrogens is 289 g/mol. The fraction of sp³-hybridized carbons (Fsp3) is 0.364. The highest BCUT2D eigenvalue weighted by Gasteiger charge is 2.27. The molecule has 1 aromatic rings. The van der Waals surface area contributed by atoms with Gasteiger partial charge in [-0.2, -0.15) is 0 Å². The molecule has 0 radical (unpaired) electrons. The summed E-state index contributed by atoms with van der Waals surface area (Å²) < 4.78 is 6.76. The van der Waals surface area contributed by atoms with Gasteiger partial charge >= 0.3 is 0 Å². The lowest BCUT2D eigenvalue weighted by Crippen LogP contribution is -2.17. The number of aliphatic imine (C=N–C) groups is 1. The molecule has 0 fully saturated rings. The average molecular weight is 301 g/mol. The Labute approximate surface area is 97.5 Å². The van der Waals surface area contributed by atoms with E-state index in [0.717, 1.165) is 11.5 Å². The van der Waals surface area contributed by atoms with E-state index in [1.807, 2.05) is 18.2 Å². The summed E-state index contributed by atoms with van der Waals surface area (Å²) in [5.74, 6) is 0.778. The molecule has 0 saturated heterocycles. The summed E-state index contributed by atoms with van der Waals surface area (Å²) in [5.41, 5.74) is 1.02. The molecule has 1 aliphatic rings. The Bertz CT molecular complexity index is 385. The molecule has 0 atom stereocenters. The number of rotatable bonds is 1. The largest absolute Gasteiger partial charge is 0.475 e. The van der Waals surface area contributed by atoms with Crippen molar-refractivity contribution in [2.45, 2.75) is 19.4 Å². The lowest BCUT2D eigenvalue weighted by Gasteiger charge is -2.07. The number of benzene rings is 1. The minimum absolute atomic E-state index is 0.0751. The Morgan fingerprint density at radius 2 is 2.07 bits per heavy atom. The van der Waals surface area contributed by atoms with Crippen molar-refractivity contribution in [2.24, 2.45) is 4.99 Å². The van der Waals surface area contributed by atoms with Gasteiger partial charge in [-0.05, 0) is 48.6 Å². The third kappa shape index (κ3) is 1.92. The van der Waals surface area contributed by atoms with Crippen LogP contribution in [0.25, 0.3) is 0 Å². The molecule has 0 aliphatic carbocycles. The lowest BCUT2D eigenvalue weighted by molar-refractivity contribution is 0.279. The second kappa shape index (κ2) is 3.53. The predicted octanol–water partition coefficient (Wildman–Crippen LogP) is 2.85. The number of ether oxygens (including phenoxy) is 1. The van der Waals surface area contributed by atoms with Crippen LogP contribution in [0.5, 0.6) is 0 Å². The fourth-order valence-corrected chi connectivity index (χ4v) is 1.98. The maximum Gasteiger partial charge on any atom is 0.217 e. The highest BCUT2D eigenvalue weighted by atomic mass is 127. The van der Waals surface area contributed by atoms with Crippen molar-refractivity contribution in [1.29, 1.82) is 0 Å². The number of hydrogen-bond acceptors (Lipinski definition) is 2. The maximum atomic E-state index is 5.58. The molecule has 2 nitrogen and oxygen atoms in total. The third-order valence-corrected chi connectivity index (χ3v) is 3.01. The van der Waals surface area contributed by atoms with E-state index < -0.39 is 0 Å². The Morgan fingerprint density at radius 1 is 1.36 bits per heavy atom. The molecule has 2 rings (SSSR count). The van der Waals surface area contributed by atoms with Gasteiger partial charge in [0.1, 0.15) is 6.61 Å². The average Bonchev–Trinajstić information content (AvgIpc) is 2.47. The van der Waals surface area contributed by atoms with Crippen LogP contribution in [-0.2, 0) is 4.74 Å². The van der Waals surface area contributed by atoms with E-state index >= 15 is 0 Å². The number of halogens is 1. The smallest absolute Gasteiger partial charge is 0.217 e. The van der Waals surface area contributed by atoms with Gasteiger partial charge in [-0.1, -0.05) is 12.1 Å². The van der Waals surface area contributed by atoms with Gasteiger partial charge in [0.2, 0.25) is 5.90 Å². The molecule has 0 saturated carbocycles. The van der Waals surface area contributed by atoms with E-state index in [4.69, 9.17) is 4.74 Å². The topological polar surface area (TPSA) is 21.6 Å². The molecule has 0 unspecified atom stereocenters. The van der Waals surface area contributed by atoms with Gasteiger partial charge in [0.05, 0.1) is 5.54 Å². The van der Waals surface area contributed by atoms with E-state index in [9.17, 15) is 0 Å². The second-order valence-corrected chi connectivity index (χ2v) is 5.16. The van der Waals surface area contributed by atoms with Crippen LogP contribution in [0.15, 0.2) is 29.3 Å². The zero-order chi connectivity index (χ0) is 10.2. The van der Waals surface area contributed by atoms with Crippen LogP contribution in [0.2, 0.25) is 0 Å². The van der Waals surface area contributed by atoms with Crippen molar-refractivity contribution < 1.29 is 4.74 Å². The summed E-state index contributed by atoms with van der Waals surface area (Å²) in [6, 6.07) is 8.13.